The summed E-state index contributed by atoms with van der Waals surface area (Å²) in [5, 5.41) is 3.98. The molecule has 3 saturated heterocycles. The van der Waals surface area contributed by atoms with Crippen LogP contribution in [0.15, 0.2) is 12.4 Å². The summed E-state index contributed by atoms with van der Waals surface area (Å²) >= 11 is 1.08. The zero-order chi connectivity index (χ0) is 20.9. The number of hydrogen-bond acceptors (Lipinski definition) is 6. The van der Waals surface area contributed by atoms with Crippen molar-refractivity contribution in [1.82, 2.24) is 20.2 Å². The summed E-state index contributed by atoms with van der Waals surface area (Å²) in [5.74, 6) is 0.922. The van der Waals surface area contributed by atoms with Crippen LogP contribution in [-0.2, 0) is 11.2 Å². The topological polar surface area (TPSA) is 61.4 Å². The highest BCUT2D eigenvalue weighted by Gasteiger charge is 2.46. The maximum Gasteiger partial charge on any atom is 0.393 e. The van der Waals surface area contributed by atoms with Crippen molar-refractivity contribution in [1.29, 1.82) is 0 Å². The average Bonchev–Trinajstić information content (AvgIpc) is 3.47. The molecule has 1 amide bonds. The van der Waals surface area contributed by atoms with Crippen LogP contribution in [0.3, 0.4) is 0 Å². The highest BCUT2D eigenvalue weighted by molar-refractivity contribution is 7.18. The molecule has 3 aliphatic rings. The van der Waals surface area contributed by atoms with Crippen LogP contribution in [-0.4, -0.2) is 65.7 Å². The van der Waals surface area contributed by atoms with Gasteiger partial charge in [-0.25, -0.2) is 9.97 Å². The molecule has 5 heterocycles. The van der Waals surface area contributed by atoms with E-state index in [0.717, 1.165) is 69.7 Å². The second-order valence-electron chi connectivity index (χ2n) is 8.75. The Morgan fingerprint density at radius 3 is 2.87 bits per heavy atom. The Morgan fingerprint density at radius 2 is 2.10 bits per heavy atom. The molecule has 3 aliphatic heterocycles. The summed E-state index contributed by atoms with van der Waals surface area (Å²) < 4.78 is 38.4. The maximum atomic E-state index is 12.8. The molecular weight excluding hydrogens is 415 g/mol. The number of hydrogen-bond donors (Lipinski definition) is 1. The van der Waals surface area contributed by atoms with Gasteiger partial charge in [-0.3, -0.25) is 4.79 Å². The van der Waals surface area contributed by atoms with Crippen LogP contribution in [0.25, 0.3) is 10.2 Å². The molecular formula is C20H24F3N5OS. The quantitative estimate of drug-likeness (QED) is 0.797. The van der Waals surface area contributed by atoms with Gasteiger partial charge < -0.3 is 15.1 Å². The lowest BCUT2D eigenvalue weighted by Gasteiger charge is -2.26. The lowest BCUT2D eigenvalue weighted by Crippen LogP contribution is -2.43. The van der Waals surface area contributed by atoms with E-state index in [2.05, 4.69) is 20.2 Å². The van der Waals surface area contributed by atoms with Crippen molar-refractivity contribution in [2.45, 2.75) is 44.3 Å². The molecule has 0 bridgehead atoms. The van der Waals surface area contributed by atoms with Gasteiger partial charge in [-0.2, -0.15) is 13.2 Å². The minimum atomic E-state index is -4.24. The first kappa shape index (κ1) is 20.0. The molecule has 2 aromatic heterocycles. The van der Waals surface area contributed by atoms with Gasteiger partial charge in [0.15, 0.2) is 0 Å². The van der Waals surface area contributed by atoms with E-state index < -0.39 is 12.6 Å². The average molecular weight is 440 g/mol. The van der Waals surface area contributed by atoms with Crippen molar-refractivity contribution in [2.75, 3.05) is 37.6 Å². The number of anilines is 1. The summed E-state index contributed by atoms with van der Waals surface area (Å²) in [4.78, 5) is 26.4. The van der Waals surface area contributed by atoms with Crippen LogP contribution in [0.5, 0.6) is 0 Å². The van der Waals surface area contributed by atoms with Crippen LogP contribution in [0, 0.1) is 5.41 Å². The Hall–Kier alpha value is -1.94. The van der Waals surface area contributed by atoms with Crippen molar-refractivity contribution in [2.24, 2.45) is 5.41 Å². The van der Waals surface area contributed by atoms with Crippen molar-refractivity contribution >= 4 is 33.3 Å². The molecule has 10 heteroatoms. The van der Waals surface area contributed by atoms with Gasteiger partial charge in [0.25, 0.3) is 0 Å². The first-order chi connectivity index (χ1) is 14.3. The number of thiophene rings is 1. The largest absolute Gasteiger partial charge is 0.393 e. The number of nitrogens with one attached hydrogen (secondary N) is 1. The van der Waals surface area contributed by atoms with E-state index in [9.17, 15) is 18.0 Å². The number of fused-ring (bicyclic) bond motifs is 1. The third kappa shape index (κ3) is 3.75. The molecule has 1 N–H and O–H groups in total. The van der Waals surface area contributed by atoms with Gasteiger partial charge in [-0.05, 0) is 38.3 Å². The monoisotopic (exact) mass is 439 g/mol. The smallest absolute Gasteiger partial charge is 0.355 e. The number of likely N-dealkylation sites (tertiary alicyclic amines) is 1. The molecule has 0 aromatic carbocycles. The number of rotatable bonds is 3. The van der Waals surface area contributed by atoms with E-state index in [4.69, 9.17) is 0 Å². The zero-order valence-corrected chi connectivity index (χ0v) is 17.4. The van der Waals surface area contributed by atoms with Crippen LogP contribution >= 0.6 is 11.3 Å². The second kappa shape index (κ2) is 7.33. The van der Waals surface area contributed by atoms with E-state index in [1.165, 1.54) is 6.33 Å². The number of aromatic nitrogens is 2. The normalized spacial score (nSPS) is 27.1. The lowest BCUT2D eigenvalue weighted by molar-refractivity contribution is -0.132. The van der Waals surface area contributed by atoms with Gasteiger partial charge in [-0.1, -0.05) is 0 Å². The van der Waals surface area contributed by atoms with E-state index in [-0.39, 0.29) is 22.2 Å². The minimum absolute atomic E-state index is 0.0381. The first-order valence-electron chi connectivity index (χ1n) is 10.4. The predicted molar refractivity (Wildman–Crippen MR) is 109 cm³/mol. The fraction of sp³-hybridized carbons (Fsp3) is 0.650. The summed E-state index contributed by atoms with van der Waals surface area (Å²) in [6.07, 6.45) is 0.130. The summed E-state index contributed by atoms with van der Waals surface area (Å²) in [5.41, 5.74) is 0.0381. The highest BCUT2D eigenvalue weighted by atomic mass is 32.1. The van der Waals surface area contributed by atoms with Gasteiger partial charge in [0.1, 0.15) is 17.0 Å². The maximum absolute atomic E-state index is 12.8. The number of nitrogens with zero attached hydrogens (tertiary/aromatic N) is 4. The lowest BCUT2D eigenvalue weighted by atomic mass is 9.86. The molecule has 3 fully saturated rings. The predicted octanol–water partition coefficient (Wildman–Crippen LogP) is 2.98. The minimum Gasteiger partial charge on any atom is -0.355 e. The van der Waals surface area contributed by atoms with Crippen LogP contribution in [0.4, 0.5) is 19.0 Å². The van der Waals surface area contributed by atoms with Gasteiger partial charge in [-0.15, -0.1) is 11.3 Å². The zero-order valence-electron chi connectivity index (χ0n) is 16.5. The number of alkyl halides is 3. The Kier molecular flexibility index (Phi) is 4.89. The number of amides is 1. The molecule has 0 saturated carbocycles. The fourth-order valence-electron chi connectivity index (χ4n) is 5.12. The molecule has 5 rings (SSSR count). The Morgan fingerprint density at radius 1 is 1.27 bits per heavy atom. The van der Waals surface area contributed by atoms with Gasteiger partial charge in [0.05, 0.1) is 17.8 Å². The standard InChI is InChI=1S/C20H24F3N5OS/c21-20(22,23)9-13-8-14-16(25-12-26-17(14)30-13)27-6-3-19(10-27)4-7-28(11-19)18(29)15-2-1-5-24-15/h8,12,15,24H,1-7,9-11H2. The van der Waals surface area contributed by atoms with Crippen molar-refractivity contribution in [3.05, 3.63) is 17.3 Å². The molecule has 6 nitrogen and oxygen atoms in total. The molecule has 0 aliphatic carbocycles. The molecule has 2 unspecified atom stereocenters. The Bertz CT molecular complexity index is 958. The van der Waals surface area contributed by atoms with E-state index in [0.29, 0.717) is 16.0 Å². The second-order valence-corrected chi connectivity index (χ2v) is 9.87. The van der Waals surface area contributed by atoms with Crippen LogP contribution in [0.1, 0.15) is 30.6 Å². The molecule has 1 spiro atoms. The highest BCUT2D eigenvalue weighted by Crippen LogP contribution is 2.43. The molecule has 0 radical (unpaired) electrons. The summed E-state index contributed by atoms with van der Waals surface area (Å²) in [6, 6.07) is 1.54. The number of carbonyl (C=O) groups excluding carboxylic acids is 1. The molecule has 2 aromatic rings. The summed E-state index contributed by atoms with van der Waals surface area (Å²) in [7, 11) is 0. The summed E-state index contributed by atoms with van der Waals surface area (Å²) in [6.45, 7) is 3.99. The molecule has 2 atom stereocenters. The van der Waals surface area contributed by atoms with E-state index >= 15 is 0 Å². The molecule has 30 heavy (non-hydrogen) atoms. The third-order valence-corrected chi connectivity index (χ3v) is 7.62. The number of halogens is 3. The third-order valence-electron chi connectivity index (χ3n) is 6.58. The first-order valence-corrected chi connectivity index (χ1v) is 11.2. The SMILES string of the molecule is O=C(C1CCCN1)N1CCC2(CCN(c3ncnc4sc(CC(F)(F)F)cc34)C2)C1. The van der Waals surface area contributed by atoms with E-state index in [1.807, 2.05) is 4.90 Å². The molecule has 162 valence electrons. The number of carbonyl (C=O) groups is 1. The van der Waals surface area contributed by atoms with Crippen LogP contribution < -0.4 is 10.2 Å². The van der Waals surface area contributed by atoms with Gasteiger partial charge in [0, 0.05) is 36.5 Å². The Labute approximate surface area is 176 Å². The fourth-order valence-corrected chi connectivity index (χ4v) is 6.14. The van der Waals surface area contributed by atoms with Crippen molar-refractivity contribution in [3.8, 4) is 0 Å². The van der Waals surface area contributed by atoms with Gasteiger partial charge >= 0.3 is 6.18 Å². The Balaban J connectivity index is 1.32. The van der Waals surface area contributed by atoms with Crippen molar-refractivity contribution < 1.29 is 18.0 Å². The van der Waals surface area contributed by atoms with Crippen molar-refractivity contribution in [3.63, 3.8) is 0 Å². The van der Waals surface area contributed by atoms with Gasteiger partial charge in [0.2, 0.25) is 5.91 Å². The van der Waals surface area contributed by atoms with E-state index in [1.54, 1.807) is 6.07 Å². The van der Waals surface area contributed by atoms with Crippen LogP contribution in [0.2, 0.25) is 0 Å².